The van der Waals surface area contributed by atoms with E-state index in [1.807, 2.05) is 6.92 Å². The summed E-state index contributed by atoms with van der Waals surface area (Å²) >= 11 is 0. The lowest BCUT2D eigenvalue weighted by atomic mass is 10.3. The second kappa shape index (κ2) is 4.75. The number of hydrogen-bond acceptors (Lipinski definition) is 4. The molecule has 14 heavy (non-hydrogen) atoms. The summed E-state index contributed by atoms with van der Waals surface area (Å²) in [5.41, 5.74) is 0. The van der Waals surface area contributed by atoms with Crippen LogP contribution < -0.4 is 4.72 Å². The van der Waals surface area contributed by atoms with E-state index < -0.39 is 21.2 Å². The monoisotopic (exact) mass is 221 g/mol. The first-order chi connectivity index (χ1) is 6.58. The molecule has 1 aliphatic rings. The molecule has 1 aliphatic heterocycles. The van der Waals surface area contributed by atoms with Crippen molar-refractivity contribution in [3.8, 4) is 0 Å². The summed E-state index contributed by atoms with van der Waals surface area (Å²) in [5, 5.41) is -1.00. The highest BCUT2D eigenvalue weighted by atomic mass is 32.2. The summed E-state index contributed by atoms with van der Waals surface area (Å²) in [6.07, 6.45) is 1.96. The molecule has 1 unspecified atom stereocenters. The third-order valence-corrected chi connectivity index (χ3v) is 3.88. The van der Waals surface area contributed by atoms with Gasteiger partial charge in [-0.3, -0.25) is 4.79 Å². The van der Waals surface area contributed by atoms with Crippen molar-refractivity contribution in [3.63, 3.8) is 0 Å². The van der Waals surface area contributed by atoms with Gasteiger partial charge in [-0.1, -0.05) is 13.3 Å². The van der Waals surface area contributed by atoms with Gasteiger partial charge in [-0.15, -0.1) is 0 Å². The molecule has 0 aromatic carbocycles. The minimum absolute atomic E-state index is 0.207. The maximum atomic E-state index is 11.5. The number of unbranched alkanes of at least 4 members (excludes halogenated alkanes) is 1. The summed E-state index contributed by atoms with van der Waals surface area (Å²) < 4.78 is 30.0. The molecule has 0 spiro atoms. The average Bonchev–Trinajstić information content (AvgIpc) is 2.52. The molecule has 0 bridgehead atoms. The summed E-state index contributed by atoms with van der Waals surface area (Å²) in [6, 6.07) is 0. The SMILES string of the molecule is CCCCNS(=O)(=O)C1CCOC1=O. The lowest BCUT2D eigenvalue weighted by Crippen LogP contribution is -2.37. The molecular weight excluding hydrogens is 206 g/mol. The molecule has 0 saturated carbocycles. The summed E-state index contributed by atoms with van der Waals surface area (Å²) in [6.45, 7) is 2.57. The molecule has 1 N–H and O–H groups in total. The summed E-state index contributed by atoms with van der Waals surface area (Å²) in [7, 11) is -3.51. The second-order valence-electron chi connectivity index (χ2n) is 3.24. The fourth-order valence-corrected chi connectivity index (χ4v) is 2.61. The van der Waals surface area contributed by atoms with Gasteiger partial charge in [0.05, 0.1) is 6.61 Å². The van der Waals surface area contributed by atoms with Crippen LogP contribution in [0.3, 0.4) is 0 Å². The maximum absolute atomic E-state index is 11.5. The van der Waals surface area contributed by atoms with Crippen molar-refractivity contribution in [2.75, 3.05) is 13.2 Å². The van der Waals surface area contributed by atoms with Crippen LogP contribution in [0, 0.1) is 0 Å². The van der Waals surface area contributed by atoms with E-state index in [1.165, 1.54) is 0 Å². The zero-order chi connectivity index (χ0) is 10.6. The largest absolute Gasteiger partial charge is 0.465 e. The first kappa shape index (κ1) is 11.5. The van der Waals surface area contributed by atoms with Gasteiger partial charge >= 0.3 is 5.97 Å². The van der Waals surface area contributed by atoms with E-state index in [0.717, 1.165) is 12.8 Å². The zero-order valence-electron chi connectivity index (χ0n) is 8.15. The second-order valence-corrected chi connectivity index (χ2v) is 5.19. The maximum Gasteiger partial charge on any atom is 0.325 e. The van der Waals surface area contributed by atoms with Gasteiger partial charge in [-0.25, -0.2) is 13.1 Å². The minimum Gasteiger partial charge on any atom is -0.465 e. The predicted octanol–water partition coefficient (Wildman–Crippen LogP) is 0.0214. The molecule has 0 aromatic rings. The Morgan fingerprint density at radius 2 is 2.29 bits per heavy atom. The predicted molar refractivity (Wildman–Crippen MR) is 51.2 cm³/mol. The van der Waals surface area contributed by atoms with E-state index >= 15 is 0 Å². The van der Waals surface area contributed by atoms with Crippen molar-refractivity contribution in [3.05, 3.63) is 0 Å². The van der Waals surface area contributed by atoms with E-state index in [4.69, 9.17) is 0 Å². The Hall–Kier alpha value is -0.620. The van der Waals surface area contributed by atoms with Gasteiger partial charge in [0.2, 0.25) is 10.0 Å². The lowest BCUT2D eigenvalue weighted by Gasteiger charge is -2.08. The van der Waals surface area contributed by atoms with Crippen LogP contribution in [0.25, 0.3) is 0 Å². The number of carbonyl (C=O) groups excluding carboxylic acids is 1. The molecular formula is C8H15NO4S. The van der Waals surface area contributed by atoms with E-state index in [1.54, 1.807) is 0 Å². The van der Waals surface area contributed by atoms with Crippen molar-refractivity contribution in [2.24, 2.45) is 0 Å². The van der Waals surface area contributed by atoms with E-state index in [0.29, 0.717) is 6.54 Å². The highest BCUT2D eigenvalue weighted by Crippen LogP contribution is 2.14. The van der Waals surface area contributed by atoms with Crippen molar-refractivity contribution in [1.82, 2.24) is 4.72 Å². The van der Waals surface area contributed by atoms with Gasteiger partial charge in [0.25, 0.3) is 0 Å². The standard InChI is InChI=1S/C8H15NO4S/c1-2-3-5-9-14(11,12)7-4-6-13-8(7)10/h7,9H,2-6H2,1H3. The molecule has 0 aliphatic carbocycles. The smallest absolute Gasteiger partial charge is 0.325 e. The van der Waals surface area contributed by atoms with Gasteiger partial charge in [-0.2, -0.15) is 0 Å². The van der Waals surface area contributed by atoms with E-state index in [-0.39, 0.29) is 13.0 Å². The summed E-state index contributed by atoms with van der Waals surface area (Å²) in [4.78, 5) is 11.0. The van der Waals surface area contributed by atoms with Crippen LogP contribution >= 0.6 is 0 Å². The number of nitrogens with one attached hydrogen (secondary N) is 1. The molecule has 0 radical (unpaired) electrons. The normalized spacial score (nSPS) is 22.4. The number of ether oxygens (including phenoxy) is 1. The quantitative estimate of drug-likeness (QED) is 0.525. The molecule has 0 amide bonds. The van der Waals surface area contributed by atoms with Crippen LogP contribution in [0.5, 0.6) is 0 Å². The Bertz CT molecular complexity index is 298. The molecule has 5 nitrogen and oxygen atoms in total. The fraction of sp³-hybridized carbons (Fsp3) is 0.875. The third-order valence-electron chi connectivity index (χ3n) is 2.10. The van der Waals surface area contributed by atoms with Gasteiger partial charge in [-0.05, 0) is 6.42 Å². The Morgan fingerprint density at radius 3 is 2.79 bits per heavy atom. The van der Waals surface area contributed by atoms with Crippen LogP contribution in [0.15, 0.2) is 0 Å². The number of sulfonamides is 1. The van der Waals surface area contributed by atoms with Crippen molar-refractivity contribution in [1.29, 1.82) is 0 Å². The Labute approximate surface area is 83.9 Å². The number of carbonyl (C=O) groups is 1. The van der Waals surface area contributed by atoms with Crippen LogP contribution in [-0.2, 0) is 19.6 Å². The molecule has 1 heterocycles. The average molecular weight is 221 g/mol. The topological polar surface area (TPSA) is 72.5 Å². The first-order valence-corrected chi connectivity index (χ1v) is 6.27. The molecule has 6 heteroatoms. The van der Waals surface area contributed by atoms with Crippen LogP contribution in [-0.4, -0.2) is 32.8 Å². The Balaban J connectivity index is 2.52. The van der Waals surface area contributed by atoms with Crippen LogP contribution in [0.4, 0.5) is 0 Å². The van der Waals surface area contributed by atoms with Gasteiger partial charge in [0, 0.05) is 13.0 Å². The highest BCUT2D eigenvalue weighted by molar-refractivity contribution is 7.90. The van der Waals surface area contributed by atoms with Crippen molar-refractivity contribution >= 4 is 16.0 Å². The number of hydrogen-bond donors (Lipinski definition) is 1. The van der Waals surface area contributed by atoms with Crippen LogP contribution in [0.2, 0.25) is 0 Å². The van der Waals surface area contributed by atoms with E-state index in [2.05, 4.69) is 9.46 Å². The van der Waals surface area contributed by atoms with Gasteiger partial charge in [0.15, 0.2) is 5.25 Å². The molecule has 1 fully saturated rings. The molecule has 82 valence electrons. The number of cyclic esters (lactones) is 1. The zero-order valence-corrected chi connectivity index (χ0v) is 8.97. The van der Waals surface area contributed by atoms with E-state index in [9.17, 15) is 13.2 Å². The van der Waals surface area contributed by atoms with Crippen molar-refractivity contribution < 1.29 is 17.9 Å². The van der Waals surface area contributed by atoms with Crippen molar-refractivity contribution in [2.45, 2.75) is 31.4 Å². The molecule has 1 atom stereocenters. The lowest BCUT2D eigenvalue weighted by molar-refractivity contribution is -0.137. The number of rotatable bonds is 5. The highest BCUT2D eigenvalue weighted by Gasteiger charge is 2.37. The molecule has 1 saturated heterocycles. The fourth-order valence-electron chi connectivity index (χ4n) is 1.25. The Kier molecular flexibility index (Phi) is 3.88. The third kappa shape index (κ3) is 2.68. The minimum atomic E-state index is -3.51. The summed E-state index contributed by atoms with van der Waals surface area (Å²) in [5.74, 6) is -0.631. The molecule has 1 rings (SSSR count). The molecule has 0 aromatic heterocycles. The first-order valence-electron chi connectivity index (χ1n) is 4.73. The van der Waals surface area contributed by atoms with Crippen LogP contribution in [0.1, 0.15) is 26.2 Å². The number of esters is 1. The van der Waals surface area contributed by atoms with Gasteiger partial charge in [0.1, 0.15) is 0 Å². The Morgan fingerprint density at radius 1 is 1.57 bits per heavy atom. The van der Waals surface area contributed by atoms with Gasteiger partial charge < -0.3 is 4.74 Å².